The van der Waals surface area contributed by atoms with Gasteiger partial charge in [-0.25, -0.2) is 5.43 Å². The maximum absolute atomic E-state index is 12.6. The molecule has 0 saturated heterocycles. The Kier molecular flexibility index (Phi) is 8.19. The maximum atomic E-state index is 12.6. The third kappa shape index (κ3) is 6.30. The van der Waals surface area contributed by atoms with Gasteiger partial charge < -0.3 is 9.73 Å². The number of nitro groups is 1. The number of carbonyl (C=O) groups is 2. The molecule has 9 nitrogen and oxygen atoms in total. The molecule has 2 aromatic carbocycles. The number of hydrazone groups is 1. The Balaban J connectivity index is 1.65. The van der Waals surface area contributed by atoms with Crippen LogP contribution in [0.5, 0.6) is 0 Å². The number of furan rings is 1. The van der Waals surface area contributed by atoms with Gasteiger partial charge in [0.1, 0.15) is 17.6 Å². The minimum Gasteiger partial charge on any atom is -0.455 e. The number of non-ortho nitro benzene ring substituents is 1. The number of nitrogens with zero attached hydrogens (tertiary/aromatic N) is 2. The second-order valence-corrected chi connectivity index (χ2v) is 8.85. The van der Waals surface area contributed by atoms with Gasteiger partial charge in [-0.2, -0.15) is 5.10 Å². The first-order chi connectivity index (χ1) is 16.2. The van der Waals surface area contributed by atoms with Gasteiger partial charge >= 0.3 is 0 Å². The number of halogens is 2. The van der Waals surface area contributed by atoms with E-state index in [1.807, 2.05) is 0 Å². The number of nitrogens with one attached hydrogen (secondary N) is 2. The van der Waals surface area contributed by atoms with Gasteiger partial charge in [0.05, 0.1) is 11.1 Å². The van der Waals surface area contributed by atoms with E-state index < -0.39 is 22.8 Å². The fraction of sp³-hybridized carbons (Fsp3) is 0.174. The summed E-state index contributed by atoms with van der Waals surface area (Å²) in [4.78, 5) is 35.5. The van der Waals surface area contributed by atoms with Gasteiger partial charge in [-0.3, -0.25) is 19.7 Å². The summed E-state index contributed by atoms with van der Waals surface area (Å²) in [6.07, 6.45) is 1.32. The summed E-state index contributed by atoms with van der Waals surface area (Å²) >= 11 is 9.24. The summed E-state index contributed by atoms with van der Waals surface area (Å²) in [6.45, 7) is 3.60. The molecule has 0 aliphatic rings. The second-order valence-electron chi connectivity index (χ2n) is 7.56. The Morgan fingerprint density at radius 1 is 1.18 bits per heavy atom. The molecule has 2 N–H and O–H groups in total. The summed E-state index contributed by atoms with van der Waals surface area (Å²) < 4.78 is 6.19. The quantitative estimate of drug-likeness (QED) is 0.228. The molecule has 34 heavy (non-hydrogen) atoms. The first-order valence-corrected chi connectivity index (χ1v) is 11.3. The standard InChI is InChI=1S/C23H20BrClN4O5/c1-13(2)21(27-22(30)14-4-3-5-15(25)10-14)23(31)28-26-12-17-7-9-20(34-17)18-8-6-16(29(32)33)11-19(18)24/h3-13,21H,1-2H3,(H,27,30)(H,28,31)/b26-12+. The largest absolute Gasteiger partial charge is 0.455 e. The highest BCUT2D eigenvalue weighted by atomic mass is 79.9. The highest BCUT2D eigenvalue weighted by Gasteiger charge is 2.24. The number of rotatable bonds is 8. The molecule has 3 aromatic rings. The predicted molar refractivity (Wildman–Crippen MR) is 132 cm³/mol. The van der Waals surface area contributed by atoms with Crippen molar-refractivity contribution in [3.05, 3.63) is 85.5 Å². The third-order valence-corrected chi connectivity index (χ3v) is 5.64. The van der Waals surface area contributed by atoms with Crippen molar-refractivity contribution in [2.45, 2.75) is 19.9 Å². The highest BCUT2D eigenvalue weighted by molar-refractivity contribution is 9.10. The van der Waals surface area contributed by atoms with E-state index in [4.69, 9.17) is 16.0 Å². The average Bonchev–Trinajstić information content (AvgIpc) is 3.25. The van der Waals surface area contributed by atoms with Crippen molar-refractivity contribution < 1.29 is 18.9 Å². The first-order valence-electron chi connectivity index (χ1n) is 10.1. The van der Waals surface area contributed by atoms with E-state index in [1.165, 1.54) is 24.4 Å². The first kappa shape index (κ1) is 25.1. The zero-order valence-corrected chi connectivity index (χ0v) is 20.5. The number of benzene rings is 2. The Labute approximate surface area is 208 Å². The van der Waals surface area contributed by atoms with Crippen molar-refractivity contribution in [3.63, 3.8) is 0 Å². The van der Waals surface area contributed by atoms with Crippen LogP contribution in [-0.4, -0.2) is 29.0 Å². The number of hydrogen-bond acceptors (Lipinski definition) is 6. The molecule has 1 aromatic heterocycles. The van der Waals surface area contributed by atoms with Crippen molar-refractivity contribution in [3.8, 4) is 11.3 Å². The summed E-state index contributed by atoms with van der Waals surface area (Å²) in [5.41, 5.74) is 3.32. The summed E-state index contributed by atoms with van der Waals surface area (Å²) in [5.74, 6) is -0.308. The molecule has 0 bridgehead atoms. The van der Waals surface area contributed by atoms with Crippen molar-refractivity contribution in [2.24, 2.45) is 11.0 Å². The van der Waals surface area contributed by atoms with Crippen LogP contribution >= 0.6 is 27.5 Å². The van der Waals surface area contributed by atoms with Crippen LogP contribution in [0.2, 0.25) is 5.02 Å². The van der Waals surface area contributed by atoms with Crippen molar-refractivity contribution in [1.82, 2.24) is 10.7 Å². The lowest BCUT2D eigenvalue weighted by Crippen LogP contribution is -2.48. The lowest BCUT2D eigenvalue weighted by Gasteiger charge is -2.20. The van der Waals surface area contributed by atoms with Crippen molar-refractivity contribution >= 4 is 51.2 Å². The molecule has 0 fully saturated rings. The zero-order valence-electron chi connectivity index (χ0n) is 18.1. The predicted octanol–water partition coefficient (Wildman–Crippen LogP) is 5.18. The van der Waals surface area contributed by atoms with Gasteiger partial charge in [-0.05, 0) is 58.2 Å². The van der Waals surface area contributed by atoms with E-state index in [1.54, 1.807) is 50.2 Å². The van der Waals surface area contributed by atoms with E-state index in [-0.39, 0.29) is 11.6 Å². The molecule has 0 spiro atoms. The van der Waals surface area contributed by atoms with Crippen LogP contribution < -0.4 is 10.7 Å². The van der Waals surface area contributed by atoms with Crippen LogP contribution in [0, 0.1) is 16.0 Å². The van der Waals surface area contributed by atoms with Gasteiger partial charge in [0.2, 0.25) is 0 Å². The molecule has 0 radical (unpaired) electrons. The molecule has 1 atom stereocenters. The molecule has 2 amide bonds. The van der Waals surface area contributed by atoms with Crippen LogP contribution in [-0.2, 0) is 4.79 Å². The second kappa shape index (κ2) is 11.1. The Hall–Kier alpha value is -3.50. The minimum atomic E-state index is -0.827. The van der Waals surface area contributed by atoms with Gasteiger partial charge in [0.25, 0.3) is 17.5 Å². The lowest BCUT2D eigenvalue weighted by molar-refractivity contribution is -0.384. The molecular weight excluding hydrogens is 528 g/mol. The topological polar surface area (TPSA) is 127 Å². The van der Waals surface area contributed by atoms with Crippen molar-refractivity contribution in [2.75, 3.05) is 0 Å². The van der Waals surface area contributed by atoms with Gasteiger partial charge in [0, 0.05) is 32.8 Å². The Bertz CT molecular complexity index is 1260. The fourth-order valence-corrected chi connectivity index (χ4v) is 3.76. The van der Waals surface area contributed by atoms with Gasteiger partial charge in [0.15, 0.2) is 0 Å². The summed E-state index contributed by atoms with van der Waals surface area (Å²) in [5, 5.41) is 17.9. The van der Waals surface area contributed by atoms with Gasteiger partial charge in [-0.1, -0.05) is 31.5 Å². The average molecular weight is 548 g/mol. The summed E-state index contributed by atoms with van der Waals surface area (Å²) in [7, 11) is 0. The number of nitro benzene ring substituents is 1. The molecule has 0 saturated carbocycles. The van der Waals surface area contributed by atoms with Gasteiger partial charge in [-0.15, -0.1) is 0 Å². The molecule has 1 unspecified atom stereocenters. The Morgan fingerprint density at radius 2 is 1.94 bits per heavy atom. The van der Waals surface area contributed by atoms with Crippen LogP contribution in [0.4, 0.5) is 5.69 Å². The van der Waals surface area contributed by atoms with E-state index in [2.05, 4.69) is 31.8 Å². The minimum absolute atomic E-state index is 0.0474. The van der Waals surface area contributed by atoms with E-state index in [0.717, 1.165) is 0 Å². The molecule has 1 heterocycles. The lowest BCUT2D eigenvalue weighted by atomic mass is 10.0. The molecule has 11 heteroatoms. The SMILES string of the molecule is CC(C)C(NC(=O)c1cccc(Cl)c1)C(=O)N/N=C/c1ccc(-c2ccc([N+](=O)[O-])cc2Br)o1. The van der Waals surface area contributed by atoms with Crippen molar-refractivity contribution in [1.29, 1.82) is 0 Å². The zero-order chi connectivity index (χ0) is 24.8. The smallest absolute Gasteiger partial charge is 0.270 e. The fourth-order valence-electron chi connectivity index (χ4n) is 3.00. The maximum Gasteiger partial charge on any atom is 0.270 e. The van der Waals surface area contributed by atoms with Crippen LogP contribution in [0.3, 0.4) is 0 Å². The molecule has 0 aliphatic carbocycles. The third-order valence-electron chi connectivity index (χ3n) is 4.74. The molecule has 176 valence electrons. The van der Waals surface area contributed by atoms with Crippen LogP contribution in [0.25, 0.3) is 11.3 Å². The molecule has 3 rings (SSSR count). The Morgan fingerprint density at radius 3 is 2.59 bits per heavy atom. The normalized spacial score (nSPS) is 12.0. The van der Waals surface area contributed by atoms with E-state index in [0.29, 0.717) is 32.1 Å². The van der Waals surface area contributed by atoms with Crippen LogP contribution in [0.15, 0.2) is 68.6 Å². The highest BCUT2D eigenvalue weighted by Crippen LogP contribution is 2.32. The van der Waals surface area contributed by atoms with E-state index in [9.17, 15) is 19.7 Å². The number of carbonyl (C=O) groups excluding carboxylic acids is 2. The number of hydrogen-bond donors (Lipinski definition) is 2. The van der Waals surface area contributed by atoms with E-state index >= 15 is 0 Å². The molecular formula is C23H20BrClN4O5. The number of amides is 2. The van der Waals surface area contributed by atoms with Crippen LogP contribution in [0.1, 0.15) is 30.0 Å². The molecule has 0 aliphatic heterocycles. The monoisotopic (exact) mass is 546 g/mol. The summed E-state index contributed by atoms with van der Waals surface area (Å²) in [6, 6.07) is 13.2.